The third-order valence-electron chi connectivity index (χ3n) is 3.88. The fourth-order valence-corrected chi connectivity index (χ4v) is 2.91. The van der Waals surface area contributed by atoms with Crippen LogP contribution in [0.3, 0.4) is 0 Å². The van der Waals surface area contributed by atoms with Crippen LogP contribution >= 0.6 is 0 Å². The second-order valence-corrected chi connectivity index (χ2v) is 5.07. The van der Waals surface area contributed by atoms with Gasteiger partial charge in [-0.2, -0.15) is 0 Å². The molecule has 0 bridgehead atoms. The van der Waals surface area contributed by atoms with E-state index in [1.165, 1.54) is 0 Å². The van der Waals surface area contributed by atoms with Gasteiger partial charge < -0.3 is 5.73 Å². The number of para-hydroxylation sites is 1. The van der Waals surface area contributed by atoms with E-state index < -0.39 is 5.91 Å². The number of benzene rings is 3. The molecule has 1 heterocycles. The molecule has 4 aromatic rings. The molecule has 3 nitrogen and oxygen atoms in total. The highest BCUT2D eigenvalue weighted by atomic mass is 16.1. The summed E-state index contributed by atoms with van der Waals surface area (Å²) in [4.78, 5) is 16.3. The Morgan fingerprint density at radius 1 is 0.810 bits per heavy atom. The van der Waals surface area contributed by atoms with Gasteiger partial charge in [-0.1, -0.05) is 42.5 Å². The molecule has 100 valence electrons. The molecule has 0 aliphatic rings. The van der Waals surface area contributed by atoms with Gasteiger partial charge in [0.05, 0.1) is 5.52 Å². The minimum atomic E-state index is -0.408. The molecule has 21 heavy (non-hydrogen) atoms. The van der Waals surface area contributed by atoms with Crippen LogP contribution in [0.15, 0.2) is 60.8 Å². The lowest BCUT2D eigenvalue weighted by molar-refractivity contribution is 0.100. The lowest BCUT2D eigenvalue weighted by atomic mass is 9.96. The van der Waals surface area contributed by atoms with Crippen molar-refractivity contribution in [2.75, 3.05) is 0 Å². The van der Waals surface area contributed by atoms with Crippen molar-refractivity contribution < 1.29 is 4.79 Å². The third-order valence-corrected chi connectivity index (χ3v) is 3.88. The molecule has 0 saturated carbocycles. The molecule has 0 aliphatic heterocycles. The SMILES string of the molecule is NC(=O)c1cc2c3ccccc3ncc2c2ccccc12. The molecular weight excluding hydrogens is 260 g/mol. The molecule has 0 radical (unpaired) electrons. The van der Waals surface area contributed by atoms with Crippen molar-refractivity contribution in [3.05, 3.63) is 66.4 Å². The summed E-state index contributed by atoms with van der Waals surface area (Å²) in [6.07, 6.45) is 1.87. The fourth-order valence-electron chi connectivity index (χ4n) is 2.91. The first kappa shape index (κ1) is 11.9. The lowest BCUT2D eigenvalue weighted by Crippen LogP contribution is -2.11. The zero-order chi connectivity index (χ0) is 14.4. The molecule has 4 rings (SSSR count). The summed E-state index contributed by atoms with van der Waals surface area (Å²) in [6.45, 7) is 0. The normalized spacial score (nSPS) is 11.2. The molecule has 0 unspecified atom stereocenters. The van der Waals surface area contributed by atoms with Crippen molar-refractivity contribution in [3.8, 4) is 0 Å². The highest BCUT2D eigenvalue weighted by Gasteiger charge is 2.12. The summed E-state index contributed by atoms with van der Waals surface area (Å²) in [5, 5.41) is 4.95. The topological polar surface area (TPSA) is 56.0 Å². The average Bonchev–Trinajstić information content (AvgIpc) is 2.53. The Kier molecular flexibility index (Phi) is 2.42. The van der Waals surface area contributed by atoms with E-state index in [9.17, 15) is 4.79 Å². The van der Waals surface area contributed by atoms with Gasteiger partial charge in [0.15, 0.2) is 0 Å². The van der Waals surface area contributed by atoms with E-state index in [0.29, 0.717) is 5.56 Å². The first-order chi connectivity index (χ1) is 10.3. The van der Waals surface area contributed by atoms with Gasteiger partial charge in [-0.05, 0) is 28.3 Å². The van der Waals surface area contributed by atoms with Gasteiger partial charge in [0.1, 0.15) is 0 Å². The number of hydrogen-bond acceptors (Lipinski definition) is 2. The second-order valence-electron chi connectivity index (χ2n) is 5.07. The van der Waals surface area contributed by atoms with Crippen molar-refractivity contribution in [2.45, 2.75) is 0 Å². The van der Waals surface area contributed by atoms with Crippen LogP contribution in [0.25, 0.3) is 32.4 Å². The Labute approximate surface area is 121 Å². The molecule has 1 amide bonds. The van der Waals surface area contributed by atoms with E-state index >= 15 is 0 Å². The van der Waals surface area contributed by atoms with Crippen LogP contribution in [-0.2, 0) is 0 Å². The number of amides is 1. The number of nitrogens with zero attached hydrogens (tertiary/aromatic N) is 1. The van der Waals surface area contributed by atoms with Gasteiger partial charge in [0.2, 0.25) is 5.91 Å². The van der Waals surface area contributed by atoms with Crippen molar-refractivity contribution in [1.29, 1.82) is 0 Å². The predicted octanol–water partition coefficient (Wildman–Crippen LogP) is 3.64. The highest BCUT2D eigenvalue weighted by Crippen LogP contribution is 2.32. The first-order valence-electron chi connectivity index (χ1n) is 6.75. The quantitative estimate of drug-likeness (QED) is 0.538. The van der Waals surface area contributed by atoms with Crippen molar-refractivity contribution in [3.63, 3.8) is 0 Å². The molecular formula is C18H12N2O. The van der Waals surface area contributed by atoms with Crippen LogP contribution in [0.1, 0.15) is 10.4 Å². The van der Waals surface area contributed by atoms with Crippen LogP contribution in [0.4, 0.5) is 0 Å². The summed E-state index contributed by atoms with van der Waals surface area (Å²) >= 11 is 0. The first-order valence-corrected chi connectivity index (χ1v) is 6.75. The Hall–Kier alpha value is -2.94. The summed E-state index contributed by atoms with van der Waals surface area (Å²) in [5.41, 5.74) is 7.02. The maximum atomic E-state index is 11.8. The lowest BCUT2D eigenvalue weighted by Gasteiger charge is -2.10. The standard InChI is InChI=1S/C18H12N2O/c19-18(21)15-9-14-13-7-3-4-8-17(13)20-10-16(14)12-6-2-1-5-11(12)15/h1-10H,(H2,19,21). The molecule has 3 heteroatoms. The van der Waals surface area contributed by atoms with Crippen LogP contribution in [0, 0.1) is 0 Å². The largest absolute Gasteiger partial charge is 0.366 e. The van der Waals surface area contributed by atoms with Gasteiger partial charge in [0.25, 0.3) is 0 Å². The van der Waals surface area contributed by atoms with Gasteiger partial charge in [0, 0.05) is 22.5 Å². The number of aromatic nitrogens is 1. The smallest absolute Gasteiger partial charge is 0.249 e. The molecule has 3 aromatic carbocycles. The molecule has 0 atom stereocenters. The molecule has 0 fully saturated rings. The third kappa shape index (κ3) is 1.68. The number of fused-ring (bicyclic) bond motifs is 5. The average molecular weight is 272 g/mol. The molecule has 0 aliphatic carbocycles. The maximum absolute atomic E-state index is 11.8. The predicted molar refractivity (Wildman–Crippen MR) is 85.3 cm³/mol. The van der Waals surface area contributed by atoms with E-state index in [1.807, 2.05) is 60.8 Å². The van der Waals surface area contributed by atoms with E-state index in [-0.39, 0.29) is 0 Å². The van der Waals surface area contributed by atoms with Crippen molar-refractivity contribution in [1.82, 2.24) is 4.98 Å². The number of carbonyl (C=O) groups excluding carboxylic acids is 1. The summed E-state index contributed by atoms with van der Waals surface area (Å²) in [6, 6.07) is 17.6. The zero-order valence-corrected chi connectivity index (χ0v) is 11.2. The fraction of sp³-hybridized carbons (Fsp3) is 0. The summed E-state index contributed by atoms with van der Waals surface area (Å²) in [7, 11) is 0. The number of primary amides is 1. The van der Waals surface area contributed by atoms with Crippen LogP contribution in [0.2, 0.25) is 0 Å². The number of carbonyl (C=O) groups is 1. The van der Waals surface area contributed by atoms with Gasteiger partial charge in [-0.25, -0.2) is 0 Å². The Balaban J connectivity index is 2.32. The van der Waals surface area contributed by atoms with Gasteiger partial charge >= 0.3 is 0 Å². The maximum Gasteiger partial charge on any atom is 0.249 e. The zero-order valence-electron chi connectivity index (χ0n) is 11.2. The van der Waals surface area contributed by atoms with Crippen LogP contribution in [0.5, 0.6) is 0 Å². The summed E-state index contributed by atoms with van der Waals surface area (Å²) in [5.74, 6) is -0.408. The Morgan fingerprint density at radius 2 is 1.48 bits per heavy atom. The van der Waals surface area contributed by atoms with Gasteiger partial charge in [-0.3, -0.25) is 9.78 Å². The highest BCUT2D eigenvalue weighted by molar-refractivity contribution is 6.21. The second kappa shape index (κ2) is 4.28. The molecule has 0 saturated heterocycles. The Morgan fingerprint density at radius 3 is 2.24 bits per heavy atom. The number of rotatable bonds is 1. The van der Waals surface area contributed by atoms with Crippen molar-refractivity contribution >= 4 is 38.4 Å². The van der Waals surface area contributed by atoms with E-state index in [2.05, 4.69) is 4.98 Å². The van der Waals surface area contributed by atoms with Crippen LogP contribution in [-0.4, -0.2) is 10.9 Å². The van der Waals surface area contributed by atoms with Gasteiger partial charge in [-0.15, -0.1) is 0 Å². The van der Waals surface area contributed by atoms with E-state index in [0.717, 1.165) is 32.4 Å². The van der Waals surface area contributed by atoms with E-state index in [4.69, 9.17) is 5.73 Å². The number of hydrogen-bond donors (Lipinski definition) is 1. The molecule has 1 aromatic heterocycles. The van der Waals surface area contributed by atoms with E-state index in [1.54, 1.807) is 0 Å². The molecule has 2 N–H and O–H groups in total. The van der Waals surface area contributed by atoms with Crippen molar-refractivity contribution in [2.24, 2.45) is 5.73 Å². The monoisotopic (exact) mass is 272 g/mol. The minimum Gasteiger partial charge on any atom is -0.366 e. The van der Waals surface area contributed by atoms with Crippen LogP contribution < -0.4 is 5.73 Å². The Bertz CT molecular complexity index is 1020. The number of pyridine rings is 1. The minimum absolute atomic E-state index is 0.408. The molecule has 0 spiro atoms. The summed E-state index contributed by atoms with van der Waals surface area (Å²) < 4.78 is 0. The number of nitrogens with two attached hydrogens (primary N) is 1.